The van der Waals surface area contributed by atoms with Crippen LogP contribution in [0.4, 0.5) is 5.13 Å². The minimum absolute atomic E-state index is 0.0210. The van der Waals surface area contributed by atoms with Crippen LogP contribution in [0.25, 0.3) is 16.0 Å². The SMILES string of the molecule is COc1ccc2nc(N3C(=O)C(=O)/C(=C(\O)c4ccc5c(c4)CC(C)O5)C3c3ccc(O)cc3)sc2c1. The van der Waals surface area contributed by atoms with E-state index in [1.165, 1.54) is 28.4 Å². The predicted octanol–water partition coefficient (Wildman–Crippen LogP) is 4.96. The van der Waals surface area contributed by atoms with Crippen LogP contribution >= 0.6 is 11.3 Å². The van der Waals surface area contributed by atoms with Gasteiger partial charge in [0.25, 0.3) is 5.78 Å². The van der Waals surface area contributed by atoms with Gasteiger partial charge in [-0.15, -0.1) is 0 Å². The first-order valence-corrected chi connectivity index (χ1v) is 12.5. The number of hydrogen-bond donors (Lipinski definition) is 2. The van der Waals surface area contributed by atoms with Crippen molar-refractivity contribution in [1.29, 1.82) is 0 Å². The average molecular weight is 515 g/mol. The summed E-state index contributed by atoms with van der Waals surface area (Å²) >= 11 is 1.25. The topological polar surface area (TPSA) is 109 Å². The van der Waals surface area contributed by atoms with Gasteiger partial charge in [0.2, 0.25) is 0 Å². The molecule has 0 spiro atoms. The molecule has 6 rings (SSSR count). The third kappa shape index (κ3) is 3.79. The first kappa shape index (κ1) is 23.1. The number of rotatable bonds is 4. The number of ketones is 1. The van der Waals surface area contributed by atoms with E-state index in [9.17, 15) is 19.8 Å². The largest absolute Gasteiger partial charge is 0.508 e. The third-order valence-electron chi connectivity index (χ3n) is 6.61. The maximum Gasteiger partial charge on any atom is 0.301 e. The number of phenols is 1. The lowest BCUT2D eigenvalue weighted by atomic mass is 9.94. The van der Waals surface area contributed by atoms with Crippen LogP contribution in [0.3, 0.4) is 0 Å². The van der Waals surface area contributed by atoms with Crippen molar-refractivity contribution in [2.45, 2.75) is 25.5 Å². The molecule has 1 aromatic heterocycles. The second kappa shape index (κ2) is 8.63. The number of aromatic nitrogens is 1. The third-order valence-corrected chi connectivity index (χ3v) is 7.63. The zero-order valence-electron chi connectivity index (χ0n) is 20.0. The molecular formula is C28H22N2O6S. The van der Waals surface area contributed by atoms with Crippen LogP contribution in [0.2, 0.25) is 0 Å². The number of phenolic OH excluding ortho intramolecular Hbond substituents is 1. The summed E-state index contributed by atoms with van der Waals surface area (Å²) in [5.41, 5.74) is 2.51. The minimum atomic E-state index is -0.938. The van der Waals surface area contributed by atoms with Gasteiger partial charge in [-0.25, -0.2) is 4.98 Å². The van der Waals surface area contributed by atoms with Crippen LogP contribution in [0, 0.1) is 0 Å². The molecule has 0 radical (unpaired) electrons. The van der Waals surface area contributed by atoms with E-state index in [0.29, 0.717) is 33.9 Å². The molecule has 37 heavy (non-hydrogen) atoms. The van der Waals surface area contributed by atoms with Crippen LogP contribution in [-0.4, -0.2) is 40.1 Å². The number of hydrogen-bond acceptors (Lipinski definition) is 8. The molecule has 2 aliphatic heterocycles. The molecule has 186 valence electrons. The number of Topliss-reactive ketones (excluding diaryl/α,β-unsaturated/α-hetero) is 1. The number of ether oxygens (including phenoxy) is 2. The number of carbonyl (C=O) groups excluding carboxylic acids is 2. The van der Waals surface area contributed by atoms with Crippen molar-refractivity contribution in [2.24, 2.45) is 0 Å². The van der Waals surface area contributed by atoms with Gasteiger partial charge in [0.05, 0.1) is 28.9 Å². The van der Waals surface area contributed by atoms with Gasteiger partial charge in [-0.3, -0.25) is 14.5 Å². The molecule has 2 aliphatic rings. The number of benzene rings is 3. The number of carbonyl (C=O) groups is 2. The number of anilines is 1. The summed E-state index contributed by atoms with van der Waals surface area (Å²) in [7, 11) is 1.57. The highest BCUT2D eigenvalue weighted by Gasteiger charge is 2.48. The molecule has 3 aromatic carbocycles. The molecule has 2 atom stereocenters. The van der Waals surface area contributed by atoms with Crippen molar-refractivity contribution < 1.29 is 29.3 Å². The zero-order chi connectivity index (χ0) is 25.8. The van der Waals surface area contributed by atoms with E-state index in [1.807, 2.05) is 13.0 Å². The van der Waals surface area contributed by atoms with Gasteiger partial charge in [0.15, 0.2) is 5.13 Å². The number of fused-ring (bicyclic) bond motifs is 2. The molecule has 0 saturated carbocycles. The van der Waals surface area contributed by atoms with Crippen LogP contribution < -0.4 is 14.4 Å². The summed E-state index contributed by atoms with van der Waals surface area (Å²) in [5.74, 6) is -0.440. The Balaban J connectivity index is 1.52. The monoisotopic (exact) mass is 514 g/mol. The van der Waals surface area contributed by atoms with Gasteiger partial charge >= 0.3 is 5.91 Å². The van der Waals surface area contributed by atoms with E-state index in [0.717, 1.165) is 16.0 Å². The average Bonchev–Trinajstić information content (AvgIpc) is 3.55. The Morgan fingerprint density at radius 3 is 2.65 bits per heavy atom. The van der Waals surface area contributed by atoms with Crippen molar-refractivity contribution in [2.75, 3.05) is 12.0 Å². The molecule has 0 aliphatic carbocycles. The van der Waals surface area contributed by atoms with E-state index in [4.69, 9.17) is 9.47 Å². The van der Waals surface area contributed by atoms with Crippen LogP contribution in [0.15, 0.2) is 66.2 Å². The second-order valence-electron chi connectivity index (χ2n) is 9.05. The first-order valence-electron chi connectivity index (χ1n) is 11.7. The molecule has 4 aromatic rings. The highest BCUT2D eigenvalue weighted by molar-refractivity contribution is 7.22. The Morgan fingerprint density at radius 1 is 1.11 bits per heavy atom. The fraction of sp³-hybridized carbons (Fsp3) is 0.179. The van der Waals surface area contributed by atoms with Crippen LogP contribution in [0.1, 0.15) is 29.7 Å². The molecule has 9 heteroatoms. The Morgan fingerprint density at radius 2 is 1.89 bits per heavy atom. The highest BCUT2D eigenvalue weighted by atomic mass is 32.1. The second-order valence-corrected chi connectivity index (χ2v) is 10.1. The van der Waals surface area contributed by atoms with Crippen molar-refractivity contribution in [3.8, 4) is 17.2 Å². The number of aromatic hydroxyl groups is 1. The molecular weight excluding hydrogens is 492 g/mol. The molecule has 1 saturated heterocycles. The van der Waals surface area contributed by atoms with Crippen molar-refractivity contribution in [3.63, 3.8) is 0 Å². The Bertz CT molecular complexity index is 1610. The number of amides is 1. The summed E-state index contributed by atoms with van der Waals surface area (Å²) in [6, 6.07) is 15.9. The Labute approximate surface area is 216 Å². The van der Waals surface area contributed by atoms with Crippen LogP contribution in [-0.2, 0) is 16.0 Å². The lowest BCUT2D eigenvalue weighted by molar-refractivity contribution is -0.132. The molecule has 3 heterocycles. The van der Waals surface area contributed by atoms with Gasteiger partial charge in [0.1, 0.15) is 29.1 Å². The summed E-state index contributed by atoms with van der Waals surface area (Å²) in [6.07, 6.45) is 0.703. The van der Waals surface area contributed by atoms with E-state index >= 15 is 0 Å². The quantitative estimate of drug-likeness (QED) is 0.225. The van der Waals surface area contributed by atoms with Gasteiger partial charge in [-0.05, 0) is 66.6 Å². The minimum Gasteiger partial charge on any atom is -0.508 e. The molecule has 2 unspecified atom stereocenters. The summed E-state index contributed by atoms with van der Waals surface area (Å²) in [4.78, 5) is 32.8. The smallest absolute Gasteiger partial charge is 0.301 e. The summed E-state index contributed by atoms with van der Waals surface area (Å²) < 4.78 is 11.8. The normalized spacial score (nSPS) is 20.3. The van der Waals surface area contributed by atoms with Gasteiger partial charge in [0, 0.05) is 12.0 Å². The van der Waals surface area contributed by atoms with E-state index < -0.39 is 17.7 Å². The standard InChI is InChI=1S/C28H22N2O6S/c1-14-11-17-12-16(5-10-21(17)36-14)25(32)23-24(15-3-6-18(31)7-4-15)30(27(34)26(23)33)28-29-20-9-8-19(35-2)13-22(20)37-28/h3-10,12-14,24,31-32H,11H2,1-2H3/b25-23-. The Kier molecular flexibility index (Phi) is 5.38. The number of thiazole rings is 1. The van der Waals surface area contributed by atoms with Gasteiger partial charge in [-0.1, -0.05) is 23.5 Å². The zero-order valence-corrected chi connectivity index (χ0v) is 20.8. The van der Waals surface area contributed by atoms with Gasteiger partial charge < -0.3 is 19.7 Å². The number of aliphatic hydroxyl groups is 1. The summed E-state index contributed by atoms with van der Waals surface area (Å²) in [5, 5.41) is 21.6. The maximum atomic E-state index is 13.4. The fourth-order valence-corrected chi connectivity index (χ4v) is 5.87. The van der Waals surface area contributed by atoms with E-state index in [2.05, 4.69) is 4.98 Å². The lowest BCUT2D eigenvalue weighted by Crippen LogP contribution is -2.29. The fourth-order valence-electron chi connectivity index (χ4n) is 4.85. The first-order chi connectivity index (χ1) is 17.8. The molecule has 1 amide bonds. The Hall–Kier alpha value is -4.37. The van der Waals surface area contributed by atoms with Crippen molar-refractivity contribution in [3.05, 3.63) is 82.9 Å². The number of aliphatic hydroxyl groups excluding tert-OH is 1. The number of nitrogens with zero attached hydrogens (tertiary/aromatic N) is 2. The van der Waals surface area contributed by atoms with Crippen LogP contribution in [0.5, 0.6) is 17.2 Å². The molecule has 2 N–H and O–H groups in total. The molecule has 1 fully saturated rings. The predicted molar refractivity (Wildman–Crippen MR) is 139 cm³/mol. The summed E-state index contributed by atoms with van der Waals surface area (Å²) in [6.45, 7) is 1.96. The van der Waals surface area contributed by atoms with E-state index in [-0.39, 0.29) is 23.2 Å². The molecule has 0 bridgehead atoms. The van der Waals surface area contributed by atoms with Crippen molar-refractivity contribution in [1.82, 2.24) is 4.98 Å². The maximum absolute atomic E-state index is 13.4. The van der Waals surface area contributed by atoms with E-state index in [1.54, 1.807) is 49.6 Å². The number of methoxy groups -OCH3 is 1. The molecule has 8 nitrogen and oxygen atoms in total. The van der Waals surface area contributed by atoms with Crippen molar-refractivity contribution >= 4 is 44.1 Å². The highest BCUT2D eigenvalue weighted by Crippen LogP contribution is 2.45. The van der Waals surface area contributed by atoms with Gasteiger partial charge in [-0.2, -0.15) is 0 Å². The lowest BCUT2D eigenvalue weighted by Gasteiger charge is -2.23.